The van der Waals surface area contributed by atoms with Crippen molar-refractivity contribution >= 4 is 17.3 Å². The maximum absolute atomic E-state index is 12.1. The highest BCUT2D eigenvalue weighted by Gasteiger charge is 2.32. The summed E-state index contributed by atoms with van der Waals surface area (Å²) >= 11 is 0. The lowest BCUT2D eigenvalue weighted by atomic mass is 9.98. The highest BCUT2D eigenvalue weighted by Crippen LogP contribution is 2.25. The van der Waals surface area contributed by atoms with Gasteiger partial charge in [-0.1, -0.05) is 13.0 Å². The van der Waals surface area contributed by atoms with Crippen molar-refractivity contribution in [2.75, 3.05) is 17.7 Å². The number of nitrogens with two attached hydrogens (primary N) is 1. The molecule has 4 heteroatoms. The Kier molecular flexibility index (Phi) is 3.64. The first-order valence-corrected chi connectivity index (χ1v) is 5.98. The molecule has 92 valence electrons. The smallest absolute Gasteiger partial charge is 0.230 e. The minimum atomic E-state index is -0.0403. The molecule has 1 aromatic carbocycles. The Morgan fingerprint density at radius 3 is 3.12 bits per heavy atom. The van der Waals surface area contributed by atoms with Gasteiger partial charge in [0.2, 0.25) is 5.91 Å². The SMILES string of the molecule is CCC1OCCC1C(=O)Nc1cccc(N)c1. The second-order valence-corrected chi connectivity index (χ2v) is 4.33. The number of carbonyl (C=O) groups is 1. The molecule has 2 rings (SSSR count). The summed E-state index contributed by atoms with van der Waals surface area (Å²) in [7, 11) is 0. The van der Waals surface area contributed by atoms with Crippen LogP contribution >= 0.6 is 0 Å². The average Bonchev–Trinajstić information content (AvgIpc) is 2.77. The third kappa shape index (κ3) is 2.77. The Hall–Kier alpha value is -1.55. The van der Waals surface area contributed by atoms with E-state index in [0.29, 0.717) is 12.3 Å². The first-order chi connectivity index (χ1) is 8.20. The van der Waals surface area contributed by atoms with Gasteiger partial charge in [-0.3, -0.25) is 4.79 Å². The van der Waals surface area contributed by atoms with Gasteiger partial charge in [0, 0.05) is 18.0 Å². The molecule has 1 saturated heterocycles. The maximum atomic E-state index is 12.1. The Morgan fingerprint density at radius 1 is 1.59 bits per heavy atom. The molecule has 4 nitrogen and oxygen atoms in total. The largest absolute Gasteiger partial charge is 0.399 e. The van der Waals surface area contributed by atoms with Gasteiger partial charge in [-0.05, 0) is 31.0 Å². The third-order valence-electron chi connectivity index (χ3n) is 3.10. The van der Waals surface area contributed by atoms with Crippen molar-refractivity contribution in [2.24, 2.45) is 5.92 Å². The molecular formula is C13H18N2O2. The summed E-state index contributed by atoms with van der Waals surface area (Å²) in [6, 6.07) is 7.22. The van der Waals surface area contributed by atoms with Gasteiger partial charge in [-0.15, -0.1) is 0 Å². The molecule has 0 aliphatic carbocycles. The second kappa shape index (κ2) is 5.19. The van der Waals surface area contributed by atoms with Crippen LogP contribution < -0.4 is 11.1 Å². The van der Waals surface area contributed by atoms with Gasteiger partial charge in [0.1, 0.15) is 0 Å². The molecule has 0 bridgehead atoms. The van der Waals surface area contributed by atoms with Crippen LogP contribution in [-0.2, 0) is 9.53 Å². The summed E-state index contributed by atoms with van der Waals surface area (Å²) in [5.74, 6) is -0.0126. The molecule has 0 spiro atoms. The summed E-state index contributed by atoms with van der Waals surface area (Å²) in [6.07, 6.45) is 1.72. The normalized spacial score (nSPS) is 23.6. The van der Waals surface area contributed by atoms with Gasteiger partial charge in [0.25, 0.3) is 0 Å². The van der Waals surface area contributed by atoms with Crippen molar-refractivity contribution in [1.82, 2.24) is 0 Å². The summed E-state index contributed by atoms with van der Waals surface area (Å²) in [6.45, 7) is 2.71. The minimum absolute atomic E-state index is 0.0277. The fourth-order valence-electron chi connectivity index (χ4n) is 2.20. The number of anilines is 2. The third-order valence-corrected chi connectivity index (χ3v) is 3.10. The molecule has 2 unspecified atom stereocenters. The molecule has 1 amide bonds. The maximum Gasteiger partial charge on any atom is 0.230 e. The van der Waals surface area contributed by atoms with Gasteiger partial charge in [0.15, 0.2) is 0 Å². The summed E-state index contributed by atoms with van der Waals surface area (Å²) in [5, 5.41) is 2.89. The van der Waals surface area contributed by atoms with Gasteiger partial charge < -0.3 is 15.8 Å². The van der Waals surface area contributed by atoms with E-state index >= 15 is 0 Å². The number of nitrogens with one attached hydrogen (secondary N) is 1. The standard InChI is InChI=1S/C13H18N2O2/c1-2-12-11(6-7-17-12)13(16)15-10-5-3-4-9(14)8-10/h3-5,8,11-12H,2,6-7,14H2,1H3,(H,15,16). The average molecular weight is 234 g/mol. The number of amides is 1. The predicted molar refractivity (Wildman–Crippen MR) is 67.6 cm³/mol. The Morgan fingerprint density at radius 2 is 2.41 bits per heavy atom. The molecule has 0 saturated carbocycles. The summed E-state index contributed by atoms with van der Waals surface area (Å²) in [4.78, 5) is 12.1. The Labute approximate surface area is 101 Å². The zero-order valence-electron chi connectivity index (χ0n) is 9.98. The van der Waals surface area contributed by atoms with E-state index in [4.69, 9.17) is 10.5 Å². The van der Waals surface area contributed by atoms with Crippen molar-refractivity contribution < 1.29 is 9.53 Å². The first-order valence-electron chi connectivity index (χ1n) is 5.98. The fraction of sp³-hybridized carbons (Fsp3) is 0.462. The van der Waals surface area contributed by atoms with Crippen LogP contribution in [0.1, 0.15) is 19.8 Å². The van der Waals surface area contributed by atoms with Gasteiger partial charge in [-0.25, -0.2) is 0 Å². The van der Waals surface area contributed by atoms with E-state index in [-0.39, 0.29) is 17.9 Å². The van der Waals surface area contributed by atoms with Crippen molar-refractivity contribution in [3.63, 3.8) is 0 Å². The molecule has 1 aromatic rings. The van der Waals surface area contributed by atoms with E-state index in [9.17, 15) is 4.79 Å². The topological polar surface area (TPSA) is 64.3 Å². The number of carbonyl (C=O) groups excluding carboxylic acids is 1. The van der Waals surface area contributed by atoms with Crippen molar-refractivity contribution in [3.8, 4) is 0 Å². The molecule has 0 aromatic heterocycles. The lowest BCUT2D eigenvalue weighted by Crippen LogP contribution is -2.29. The Bertz CT molecular complexity index is 406. The van der Waals surface area contributed by atoms with E-state index in [0.717, 1.165) is 18.5 Å². The number of hydrogen-bond acceptors (Lipinski definition) is 3. The zero-order chi connectivity index (χ0) is 12.3. The van der Waals surface area contributed by atoms with Gasteiger partial charge >= 0.3 is 0 Å². The monoisotopic (exact) mass is 234 g/mol. The molecular weight excluding hydrogens is 216 g/mol. The summed E-state index contributed by atoms with van der Waals surface area (Å²) in [5.41, 5.74) is 7.06. The highest BCUT2D eigenvalue weighted by molar-refractivity contribution is 5.93. The van der Waals surface area contributed by atoms with E-state index in [1.165, 1.54) is 0 Å². The second-order valence-electron chi connectivity index (χ2n) is 4.33. The molecule has 1 fully saturated rings. The molecule has 0 radical (unpaired) electrons. The Balaban J connectivity index is 2.01. The fourth-order valence-corrected chi connectivity index (χ4v) is 2.20. The molecule has 3 N–H and O–H groups in total. The molecule has 1 heterocycles. The molecule has 1 aliphatic rings. The van der Waals surface area contributed by atoms with Crippen LogP contribution in [0.5, 0.6) is 0 Å². The van der Waals surface area contributed by atoms with E-state index in [2.05, 4.69) is 5.32 Å². The first kappa shape index (κ1) is 11.9. The lowest BCUT2D eigenvalue weighted by Gasteiger charge is -2.16. The van der Waals surface area contributed by atoms with Crippen LogP contribution in [0.3, 0.4) is 0 Å². The number of rotatable bonds is 3. The summed E-state index contributed by atoms with van der Waals surface area (Å²) < 4.78 is 5.51. The van der Waals surface area contributed by atoms with E-state index in [1.54, 1.807) is 12.1 Å². The number of benzene rings is 1. The van der Waals surface area contributed by atoms with Gasteiger partial charge in [-0.2, -0.15) is 0 Å². The van der Waals surface area contributed by atoms with Crippen LogP contribution in [0.4, 0.5) is 11.4 Å². The number of ether oxygens (including phenoxy) is 1. The van der Waals surface area contributed by atoms with E-state index < -0.39 is 0 Å². The van der Waals surface area contributed by atoms with Crippen LogP contribution in [0.2, 0.25) is 0 Å². The lowest BCUT2D eigenvalue weighted by molar-refractivity contribution is -0.121. The van der Waals surface area contributed by atoms with E-state index in [1.807, 2.05) is 19.1 Å². The number of nitrogen functional groups attached to an aromatic ring is 1. The quantitative estimate of drug-likeness (QED) is 0.786. The zero-order valence-corrected chi connectivity index (χ0v) is 9.98. The molecule has 1 aliphatic heterocycles. The van der Waals surface area contributed by atoms with Crippen molar-refractivity contribution in [3.05, 3.63) is 24.3 Å². The van der Waals surface area contributed by atoms with Crippen LogP contribution in [-0.4, -0.2) is 18.6 Å². The molecule has 2 atom stereocenters. The van der Waals surface area contributed by atoms with Crippen LogP contribution in [0, 0.1) is 5.92 Å². The van der Waals surface area contributed by atoms with Crippen molar-refractivity contribution in [2.45, 2.75) is 25.9 Å². The number of hydrogen-bond donors (Lipinski definition) is 2. The molecule has 17 heavy (non-hydrogen) atoms. The highest BCUT2D eigenvalue weighted by atomic mass is 16.5. The van der Waals surface area contributed by atoms with Crippen LogP contribution in [0.15, 0.2) is 24.3 Å². The minimum Gasteiger partial charge on any atom is -0.399 e. The predicted octanol–water partition coefficient (Wildman–Crippen LogP) is 2.02. The van der Waals surface area contributed by atoms with Crippen molar-refractivity contribution in [1.29, 1.82) is 0 Å². The van der Waals surface area contributed by atoms with Gasteiger partial charge in [0.05, 0.1) is 12.0 Å². The van der Waals surface area contributed by atoms with Crippen LogP contribution in [0.25, 0.3) is 0 Å².